The molecule has 0 radical (unpaired) electrons. The van der Waals surface area contributed by atoms with Gasteiger partial charge in [-0.15, -0.1) is 0 Å². The first-order valence-electron chi connectivity index (χ1n) is 6.78. The molecule has 0 amide bonds. The Kier molecular flexibility index (Phi) is 5.13. The first kappa shape index (κ1) is 16.4. The fourth-order valence-corrected chi connectivity index (χ4v) is 2.46. The smallest absolute Gasteiger partial charge is 0.341 e. The number of carbonyl (C=O) groups is 1. The van der Waals surface area contributed by atoms with Gasteiger partial charge in [0.2, 0.25) is 0 Å². The normalized spacial score (nSPS) is 10.8. The van der Waals surface area contributed by atoms with Crippen molar-refractivity contribution in [2.45, 2.75) is 24.9 Å². The van der Waals surface area contributed by atoms with Crippen molar-refractivity contribution in [1.82, 2.24) is 9.97 Å². The molecule has 2 rings (SSSR count). The molecule has 0 bridgehead atoms. The van der Waals surface area contributed by atoms with Crippen LogP contribution in [0.5, 0.6) is 0 Å². The summed E-state index contributed by atoms with van der Waals surface area (Å²) in [6.07, 6.45) is 1.87. The summed E-state index contributed by atoms with van der Waals surface area (Å²) in [5, 5.41) is 0.565. The molecule has 0 aliphatic rings. The molecular weight excluding hydrogens is 303 g/mol. The fraction of sp³-hybridized carbons (Fsp3) is 0.312. The second-order valence-corrected chi connectivity index (χ2v) is 5.75. The number of rotatable bonds is 4. The zero-order chi connectivity index (χ0) is 16.3. The van der Waals surface area contributed by atoms with Gasteiger partial charge in [0, 0.05) is 5.56 Å². The van der Waals surface area contributed by atoms with Gasteiger partial charge >= 0.3 is 5.97 Å². The predicted molar refractivity (Wildman–Crippen MR) is 84.6 cm³/mol. The SMILES string of the molecule is COC(=O)c1c(-c2ccc(F)cc2)nc(SC)nc1C(C)C. The van der Waals surface area contributed by atoms with E-state index < -0.39 is 5.97 Å². The predicted octanol–water partition coefficient (Wildman–Crippen LogP) is 3.91. The van der Waals surface area contributed by atoms with Gasteiger partial charge in [-0.05, 0) is 36.4 Å². The van der Waals surface area contributed by atoms with Gasteiger partial charge in [0.05, 0.1) is 18.5 Å². The number of hydrogen-bond acceptors (Lipinski definition) is 5. The minimum atomic E-state index is -0.490. The maximum Gasteiger partial charge on any atom is 0.341 e. The second-order valence-electron chi connectivity index (χ2n) is 4.97. The van der Waals surface area contributed by atoms with E-state index in [1.165, 1.54) is 31.0 Å². The molecule has 116 valence electrons. The lowest BCUT2D eigenvalue weighted by molar-refractivity contribution is 0.0598. The lowest BCUT2D eigenvalue weighted by Crippen LogP contribution is -2.13. The van der Waals surface area contributed by atoms with E-state index in [-0.39, 0.29) is 11.7 Å². The number of nitrogens with zero attached hydrogens (tertiary/aromatic N) is 2. The summed E-state index contributed by atoms with van der Waals surface area (Å²) < 4.78 is 18.0. The van der Waals surface area contributed by atoms with Crippen molar-refractivity contribution in [2.24, 2.45) is 0 Å². The van der Waals surface area contributed by atoms with Crippen LogP contribution in [0.4, 0.5) is 4.39 Å². The first-order valence-corrected chi connectivity index (χ1v) is 8.00. The van der Waals surface area contributed by atoms with Crippen molar-refractivity contribution in [1.29, 1.82) is 0 Å². The van der Waals surface area contributed by atoms with Crippen molar-refractivity contribution in [3.63, 3.8) is 0 Å². The van der Waals surface area contributed by atoms with Gasteiger partial charge in [-0.2, -0.15) is 0 Å². The highest BCUT2D eigenvalue weighted by molar-refractivity contribution is 7.98. The van der Waals surface area contributed by atoms with E-state index in [2.05, 4.69) is 9.97 Å². The minimum absolute atomic E-state index is 0.0298. The molecule has 0 aliphatic carbocycles. The zero-order valence-corrected chi connectivity index (χ0v) is 13.7. The third-order valence-corrected chi connectivity index (χ3v) is 3.70. The van der Waals surface area contributed by atoms with Crippen molar-refractivity contribution in [3.8, 4) is 11.3 Å². The van der Waals surface area contributed by atoms with Crippen LogP contribution in [0.2, 0.25) is 0 Å². The van der Waals surface area contributed by atoms with E-state index in [0.29, 0.717) is 27.7 Å². The Morgan fingerprint density at radius 3 is 2.36 bits per heavy atom. The van der Waals surface area contributed by atoms with Crippen LogP contribution in [0.1, 0.15) is 35.8 Å². The molecule has 0 spiro atoms. The van der Waals surface area contributed by atoms with Gasteiger partial charge in [0.1, 0.15) is 11.4 Å². The summed E-state index contributed by atoms with van der Waals surface area (Å²) in [5.74, 6) is -0.801. The number of benzene rings is 1. The first-order chi connectivity index (χ1) is 10.5. The van der Waals surface area contributed by atoms with E-state index >= 15 is 0 Å². The van der Waals surface area contributed by atoms with Gasteiger partial charge in [-0.1, -0.05) is 25.6 Å². The largest absolute Gasteiger partial charge is 0.465 e. The van der Waals surface area contributed by atoms with Crippen molar-refractivity contribution in [3.05, 3.63) is 41.3 Å². The molecule has 0 aliphatic heterocycles. The Labute approximate surface area is 133 Å². The van der Waals surface area contributed by atoms with E-state index in [0.717, 1.165) is 0 Å². The minimum Gasteiger partial charge on any atom is -0.465 e. The fourth-order valence-electron chi connectivity index (χ4n) is 2.09. The van der Waals surface area contributed by atoms with Crippen molar-refractivity contribution >= 4 is 17.7 Å². The maximum atomic E-state index is 13.2. The average Bonchev–Trinajstić information content (AvgIpc) is 2.53. The summed E-state index contributed by atoms with van der Waals surface area (Å²) in [7, 11) is 1.32. The van der Waals surface area contributed by atoms with E-state index in [9.17, 15) is 9.18 Å². The van der Waals surface area contributed by atoms with Gasteiger partial charge in [-0.25, -0.2) is 19.2 Å². The highest BCUT2D eigenvalue weighted by atomic mass is 32.2. The molecule has 22 heavy (non-hydrogen) atoms. The molecule has 1 aromatic heterocycles. The lowest BCUT2D eigenvalue weighted by Gasteiger charge is -2.15. The van der Waals surface area contributed by atoms with Crippen molar-refractivity contribution < 1.29 is 13.9 Å². The number of methoxy groups -OCH3 is 1. The topological polar surface area (TPSA) is 52.1 Å². The van der Waals surface area contributed by atoms with Crippen LogP contribution < -0.4 is 0 Å². The molecule has 0 unspecified atom stereocenters. The molecule has 1 heterocycles. The van der Waals surface area contributed by atoms with E-state index in [1.54, 1.807) is 12.1 Å². The molecule has 4 nitrogen and oxygen atoms in total. The summed E-state index contributed by atoms with van der Waals surface area (Å²) in [5.41, 5.74) is 2.09. The Hall–Kier alpha value is -1.95. The van der Waals surface area contributed by atoms with Gasteiger partial charge in [0.25, 0.3) is 0 Å². The number of ether oxygens (including phenoxy) is 1. The number of thioether (sulfide) groups is 1. The van der Waals surface area contributed by atoms with Crippen LogP contribution in [-0.2, 0) is 4.74 Å². The van der Waals surface area contributed by atoms with Gasteiger partial charge in [0.15, 0.2) is 5.16 Å². The third kappa shape index (κ3) is 3.27. The summed E-state index contributed by atoms with van der Waals surface area (Å²) in [6.45, 7) is 3.90. The Bertz CT molecular complexity index is 687. The average molecular weight is 320 g/mol. The molecule has 0 N–H and O–H groups in total. The molecule has 2 aromatic rings. The van der Waals surface area contributed by atoms with Crippen LogP contribution in [0.3, 0.4) is 0 Å². The van der Waals surface area contributed by atoms with Crippen LogP contribution in [0.25, 0.3) is 11.3 Å². The number of hydrogen-bond donors (Lipinski definition) is 0. The molecule has 6 heteroatoms. The van der Waals surface area contributed by atoms with Crippen molar-refractivity contribution in [2.75, 3.05) is 13.4 Å². The molecule has 0 saturated carbocycles. The zero-order valence-electron chi connectivity index (χ0n) is 12.9. The van der Waals surface area contributed by atoms with Gasteiger partial charge < -0.3 is 4.74 Å². The summed E-state index contributed by atoms with van der Waals surface area (Å²) in [6, 6.07) is 5.87. The highest BCUT2D eigenvalue weighted by Crippen LogP contribution is 2.30. The number of esters is 1. The second kappa shape index (κ2) is 6.87. The Morgan fingerprint density at radius 1 is 1.23 bits per heavy atom. The van der Waals surface area contributed by atoms with Gasteiger partial charge in [-0.3, -0.25) is 0 Å². The molecule has 0 saturated heterocycles. The lowest BCUT2D eigenvalue weighted by atomic mass is 9.98. The van der Waals surface area contributed by atoms with Crippen LogP contribution >= 0.6 is 11.8 Å². The van der Waals surface area contributed by atoms with Crippen LogP contribution in [0.15, 0.2) is 29.4 Å². The molecular formula is C16H17FN2O2S. The number of carbonyl (C=O) groups excluding carboxylic acids is 1. The molecule has 1 aromatic carbocycles. The summed E-state index contributed by atoms with van der Waals surface area (Å²) in [4.78, 5) is 21.1. The third-order valence-electron chi connectivity index (χ3n) is 3.15. The Balaban J connectivity index is 2.76. The Morgan fingerprint density at radius 2 is 1.86 bits per heavy atom. The van der Waals surface area contributed by atoms with E-state index in [4.69, 9.17) is 4.74 Å². The quantitative estimate of drug-likeness (QED) is 0.485. The maximum absolute atomic E-state index is 13.2. The number of halogens is 1. The number of aromatic nitrogens is 2. The van der Waals surface area contributed by atoms with Crippen LogP contribution in [0, 0.1) is 5.82 Å². The monoisotopic (exact) mass is 320 g/mol. The summed E-state index contributed by atoms with van der Waals surface area (Å²) >= 11 is 1.39. The standard InChI is InChI=1S/C16H17FN2O2S/c1-9(2)13-12(15(20)21-3)14(19-16(18-13)22-4)10-5-7-11(17)8-6-10/h5-9H,1-4H3. The molecule has 0 fully saturated rings. The van der Waals surface area contributed by atoms with Crippen LogP contribution in [-0.4, -0.2) is 29.3 Å². The molecule has 0 atom stereocenters. The van der Waals surface area contributed by atoms with E-state index in [1.807, 2.05) is 20.1 Å². The highest BCUT2D eigenvalue weighted by Gasteiger charge is 2.24.